The molecule has 0 atom stereocenters. The van der Waals surface area contributed by atoms with Crippen molar-refractivity contribution in [3.8, 4) is 5.75 Å². The molecule has 0 heterocycles. The van der Waals surface area contributed by atoms with Gasteiger partial charge in [-0.25, -0.2) is 9.18 Å². The Balaban J connectivity index is 2.50. The summed E-state index contributed by atoms with van der Waals surface area (Å²) < 4.78 is 58.0. The van der Waals surface area contributed by atoms with Crippen molar-refractivity contribution in [2.75, 3.05) is 19.8 Å². The molecule has 0 aliphatic carbocycles. The van der Waals surface area contributed by atoms with Crippen molar-refractivity contribution < 1.29 is 36.9 Å². The lowest BCUT2D eigenvalue weighted by Gasteiger charge is -2.09. The number of halogens is 4. The fraction of sp³-hybridized carbons (Fsp3) is 0.308. The van der Waals surface area contributed by atoms with E-state index >= 15 is 0 Å². The van der Waals surface area contributed by atoms with E-state index in [2.05, 4.69) is 4.74 Å². The average Bonchev–Trinajstić information content (AvgIpc) is 2.34. The van der Waals surface area contributed by atoms with Crippen molar-refractivity contribution in [1.82, 2.24) is 0 Å². The van der Waals surface area contributed by atoms with Crippen molar-refractivity contribution >= 4 is 12.0 Å². The van der Waals surface area contributed by atoms with E-state index in [-0.39, 0.29) is 24.5 Å². The van der Waals surface area contributed by atoms with Gasteiger partial charge in [-0.05, 0) is 23.8 Å². The van der Waals surface area contributed by atoms with Crippen LogP contribution >= 0.6 is 0 Å². The van der Waals surface area contributed by atoms with Crippen LogP contribution in [0.5, 0.6) is 5.75 Å². The van der Waals surface area contributed by atoms with Gasteiger partial charge in [0.15, 0.2) is 0 Å². The third-order valence-electron chi connectivity index (χ3n) is 2.07. The molecular formula is C13H12F4O4. The molecule has 0 fully saturated rings. The molecule has 1 aromatic rings. The maximum Gasteiger partial charge on any atom is 0.411 e. The molecule has 0 radical (unpaired) electrons. The molecule has 0 unspecified atom stereocenters. The molecule has 1 rings (SSSR count). The van der Waals surface area contributed by atoms with Crippen LogP contribution in [0.1, 0.15) is 5.56 Å². The second kappa shape index (κ2) is 7.63. The largest absolute Gasteiger partial charge is 0.491 e. The van der Waals surface area contributed by atoms with Crippen molar-refractivity contribution in [2.45, 2.75) is 6.18 Å². The van der Waals surface area contributed by atoms with Crippen LogP contribution in [0.2, 0.25) is 0 Å². The summed E-state index contributed by atoms with van der Waals surface area (Å²) in [5, 5.41) is 8.46. The van der Waals surface area contributed by atoms with E-state index in [1.807, 2.05) is 0 Å². The van der Waals surface area contributed by atoms with Crippen molar-refractivity contribution in [2.24, 2.45) is 0 Å². The van der Waals surface area contributed by atoms with E-state index in [0.29, 0.717) is 0 Å². The molecule has 0 saturated heterocycles. The Bertz CT molecular complexity index is 511. The van der Waals surface area contributed by atoms with Crippen molar-refractivity contribution in [3.05, 3.63) is 35.7 Å². The second-order valence-corrected chi connectivity index (χ2v) is 3.91. The Morgan fingerprint density at radius 1 is 1.24 bits per heavy atom. The maximum atomic E-state index is 13.2. The van der Waals surface area contributed by atoms with Crippen molar-refractivity contribution in [1.29, 1.82) is 0 Å². The first-order valence-corrected chi connectivity index (χ1v) is 5.75. The highest BCUT2D eigenvalue weighted by Crippen LogP contribution is 2.18. The van der Waals surface area contributed by atoms with E-state index in [4.69, 9.17) is 9.84 Å². The Kier molecular flexibility index (Phi) is 6.16. The third kappa shape index (κ3) is 7.93. The lowest BCUT2D eigenvalue weighted by atomic mass is 10.2. The van der Waals surface area contributed by atoms with Gasteiger partial charge in [0, 0.05) is 12.1 Å². The van der Waals surface area contributed by atoms with Gasteiger partial charge in [0.1, 0.15) is 24.8 Å². The minimum atomic E-state index is -4.41. The van der Waals surface area contributed by atoms with Gasteiger partial charge >= 0.3 is 12.1 Å². The number of hydrogen-bond donors (Lipinski definition) is 1. The van der Waals surface area contributed by atoms with Gasteiger partial charge in [-0.15, -0.1) is 0 Å². The summed E-state index contributed by atoms with van der Waals surface area (Å²) in [5.74, 6) is -1.79. The maximum absolute atomic E-state index is 13.2. The zero-order chi connectivity index (χ0) is 15.9. The summed E-state index contributed by atoms with van der Waals surface area (Å²) in [6.07, 6.45) is -2.42. The van der Waals surface area contributed by atoms with Gasteiger partial charge in [0.25, 0.3) is 0 Å². The highest BCUT2D eigenvalue weighted by molar-refractivity contribution is 5.85. The summed E-state index contributed by atoms with van der Waals surface area (Å²) in [4.78, 5) is 10.3. The third-order valence-corrected chi connectivity index (χ3v) is 2.07. The van der Waals surface area contributed by atoms with Gasteiger partial charge in [0.2, 0.25) is 0 Å². The Hall–Kier alpha value is -2.09. The van der Waals surface area contributed by atoms with Gasteiger partial charge in [-0.2, -0.15) is 13.2 Å². The standard InChI is InChI=1S/C13H12F4O4/c14-10-5-9(1-2-12(18)19)6-11(7-10)21-4-3-20-8-13(15,16)17/h1-2,5-7H,3-4,8H2,(H,18,19)/b2-1+. The van der Waals surface area contributed by atoms with E-state index in [1.54, 1.807) is 0 Å². The molecule has 0 aliphatic rings. The Labute approximate surface area is 117 Å². The number of carboxylic acids is 1. The van der Waals surface area contributed by atoms with Gasteiger partial charge < -0.3 is 14.6 Å². The molecule has 0 bridgehead atoms. The van der Waals surface area contributed by atoms with E-state index < -0.39 is 24.6 Å². The van der Waals surface area contributed by atoms with Crippen LogP contribution in [0.15, 0.2) is 24.3 Å². The first-order chi connectivity index (χ1) is 9.76. The molecule has 1 N–H and O–H groups in total. The second-order valence-electron chi connectivity index (χ2n) is 3.91. The number of rotatable bonds is 7. The SMILES string of the molecule is O=C(O)/C=C/c1cc(F)cc(OCCOCC(F)(F)F)c1. The van der Waals surface area contributed by atoms with Crippen LogP contribution in [0.25, 0.3) is 6.08 Å². The van der Waals surface area contributed by atoms with Gasteiger partial charge in [0.05, 0.1) is 6.61 Å². The lowest BCUT2D eigenvalue weighted by molar-refractivity contribution is -0.175. The number of carbonyl (C=O) groups is 1. The number of carboxylic acid groups (broad SMARTS) is 1. The first kappa shape index (κ1) is 17.0. The fourth-order valence-corrected chi connectivity index (χ4v) is 1.34. The molecule has 1 aromatic carbocycles. The normalized spacial score (nSPS) is 11.8. The Morgan fingerprint density at radius 2 is 1.95 bits per heavy atom. The smallest absolute Gasteiger partial charge is 0.411 e. The van der Waals surface area contributed by atoms with Crippen LogP contribution in [0.4, 0.5) is 17.6 Å². The summed E-state index contributed by atoms with van der Waals surface area (Å²) in [7, 11) is 0. The molecule has 116 valence electrons. The highest BCUT2D eigenvalue weighted by Gasteiger charge is 2.27. The minimum absolute atomic E-state index is 0.0654. The first-order valence-electron chi connectivity index (χ1n) is 5.75. The highest BCUT2D eigenvalue weighted by atomic mass is 19.4. The van der Waals surface area contributed by atoms with Gasteiger partial charge in [-0.3, -0.25) is 0 Å². The molecule has 4 nitrogen and oxygen atoms in total. The zero-order valence-electron chi connectivity index (χ0n) is 10.7. The summed E-state index contributed by atoms with van der Waals surface area (Å²) in [5.41, 5.74) is 0.253. The molecule has 0 spiro atoms. The Morgan fingerprint density at radius 3 is 2.57 bits per heavy atom. The quantitative estimate of drug-likeness (QED) is 0.478. The monoisotopic (exact) mass is 308 g/mol. The zero-order valence-corrected chi connectivity index (χ0v) is 10.7. The molecule has 0 saturated carbocycles. The molecule has 8 heteroatoms. The number of aliphatic carboxylic acids is 1. The van der Waals surface area contributed by atoms with Crippen LogP contribution < -0.4 is 4.74 Å². The summed E-state index contributed by atoms with van der Waals surface area (Å²) >= 11 is 0. The molecule has 0 aliphatic heterocycles. The lowest BCUT2D eigenvalue weighted by Crippen LogP contribution is -2.19. The number of ether oxygens (including phenoxy) is 2. The molecule has 0 aromatic heterocycles. The van der Waals surface area contributed by atoms with Crippen LogP contribution in [-0.2, 0) is 9.53 Å². The topological polar surface area (TPSA) is 55.8 Å². The molecule has 0 amide bonds. The predicted octanol–water partition coefficient (Wildman–Crippen LogP) is 2.88. The van der Waals surface area contributed by atoms with Crippen LogP contribution in [-0.4, -0.2) is 37.1 Å². The fourth-order valence-electron chi connectivity index (χ4n) is 1.34. The van der Waals surface area contributed by atoms with E-state index in [9.17, 15) is 22.4 Å². The van der Waals surface area contributed by atoms with E-state index in [1.165, 1.54) is 12.1 Å². The van der Waals surface area contributed by atoms with Gasteiger partial charge in [-0.1, -0.05) is 0 Å². The van der Waals surface area contributed by atoms with E-state index in [0.717, 1.165) is 18.2 Å². The van der Waals surface area contributed by atoms with Crippen molar-refractivity contribution in [3.63, 3.8) is 0 Å². The summed E-state index contributed by atoms with van der Waals surface area (Å²) in [6, 6.07) is 3.47. The number of benzene rings is 1. The molecular weight excluding hydrogens is 296 g/mol. The number of hydrogen-bond acceptors (Lipinski definition) is 3. The number of alkyl halides is 3. The average molecular weight is 308 g/mol. The predicted molar refractivity (Wildman–Crippen MR) is 65.4 cm³/mol. The van der Waals surface area contributed by atoms with Crippen LogP contribution in [0, 0.1) is 5.82 Å². The summed E-state index contributed by atoms with van der Waals surface area (Å²) in [6.45, 7) is -1.88. The van der Waals surface area contributed by atoms with Crippen LogP contribution in [0.3, 0.4) is 0 Å². The molecule has 21 heavy (non-hydrogen) atoms. The minimum Gasteiger partial charge on any atom is -0.491 e.